The van der Waals surface area contributed by atoms with Crippen LogP contribution in [-0.2, 0) is 10.0 Å². The van der Waals surface area contributed by atoms with Gasteiger partial charge in [-0.25, -0.2) is 8.42 Å². The van der Waals surface area contributed by atoms with Gasteiger partial charge in [-0.1, -0.05) is 34.1 Å². The van der Waals surface area contributed by atoms with E-state index in [1.807, 2.05) is 24.3 Å². The first kappa shape index (κ1) is 16.5. The van der Waals surface area contributed by atoms with E-state index >= 15 is 0 Å². The van der Waals surface area contributed by atoms with Crippen LogP contribution >= 0.6 is 15.9 Å². The van der Waals surface area contributed by atoms with Crippen molar-refractivity contribution in [3.63, 3.8) is 0 Å². The molecule has 2 aromatic carbocycles. The van der Waals surface area contributed by atoms with Crippen molar-refractivity contribution in [1.29, 1.82) is 0 Å². The third-order valence-corrected chi connectivity index (χ3v) is 3.85. The molecule has 6 heteroatoms. The Morgan fingerprint density at radius 3 is 2.41 bits per heavy atom. The lowest BCUT2D eigenvalue weighted by atomic mass is 10.1. The first-order valence-electron chi connectivity index (χ1n) is 6.39. The zero-order valence-electron chi connectivity index (χ0n) is 11.8. The summed E-state index contributed by atoms with van der Waals surface area (Å²) in [6, 6.07) is 13.9. The van der Waals surface area contributed by atoms with Crippen LogP contribution in [0.1, 0.15) is 15.9 Å². The summed E-state index contributed by atoms with van der Waals surface area (Å²) in [5.74, 6) is -0.147. The number of sulfonamides is 1. The molecular formula is C16H14BrNO3S. The molecule has 0 aliphatic rings. The average molecular weight is 380 g/mol. The van der Waals surface area contributed by atoms with E-state index in [4.69, 9.17) is 0 Å². The lowest BCUT2D eigenvalue weighted by molar-refractivity contribution is 0.104. The van der Waals surface area contributed by atoms with E-state index in [1.165, 1.54) is 6.08 Å². The lowest BCUT2D eigenvalue weighted by Crippen LogP contribution is -2.09. The van der Waals surface area contributed by atoms with Gasteiger partial charge in [0.2, 0.25) is 10.0 Å². The highest BCUT2D eigenvalue weighted by atomic mass is 79.9. The number of allylic oxidation sites excluding steroid dienone is 1. The molecule has 0 saturated heterocycles. The van der Waals surface area contributed by atoms with Crippen LogP contribution in [0.2, 0.25) is 0 Å². The summed E-state index contributed by atoms with van der Waals surface area (Å²) in [6.07, 6.45) is 4.29. The number of carbonyl (C=O) groups is 1. The first-order valence-corrected chi connectivity index (χ1v) is 9.08. The molecule has 2 rings (SSSR count). The Kier molecular flexibility index (Phi) is 5.15. The van der Waals surface area contributed by atoms with Crippen LogP contribution in [0.5, 0.6) is 0 Å². The SMILES string of the molecule is CS(=O)(=O)Nc1ccc(C(=O)/C=C/c2cccc(Br)c2)cc1. The summed E-state index contributed by atoms with van der Waals surface area (Å²) in [6.45, 7) is 0. The molecule has 0 radical (unpaired) electrons. The molecule has 0 bridgehead atoms. The van der Waals surface area contributed by atoms with Crippen molar-refractivity contribution in [2.75, 3.05) is 11.0 Å². The number of nitrogens with one attached hydrogen (secondary N) is 1. The third-order valence-electron chi connectivity index (χ3n) is 2.75. The largest absolute Gasteiger partial charge is 0.289 e. The number of hydrogen-bond donors (Lipinski definition) is 1. The second kappa shape index (κ2) is 6.89. The number of halogens is 1. The summed E-state index contributed by atoms with van der Waals surface area (Å²) >= 11 is 3.37. The topological polar surface area (TPSA) is 63.2 Å². The highest BCUT2D eigenvalue weighted by Gasteiger charge is 2.04. The molecule has 1 N–H and O–H groups in total. The van der Waals surface area contributed by atoms with E-state index in [2.05, 4.69) is 20.7 Å². The summed E-state index contributed by atoms with van der Waals surface area (Å²) in [5.41, 5.74) is 1.83. The number of carbonyl (C=O) groups excluding carboxylic acids is 1. The molecular weight excluding hydrogens is 366 g/mol. The van der Waals surface area contributed by atoms with Crippen molar-refractivity contribution in [3.8, 4) is 0 Å². The Balaban J connectivity index is 2.10. The van der Waals surface area contributed by atoms with E-state index in [0.717, 1.165) is 16.3 Å². The molecule has 2 aromatic rings. The lowest BCUT2D eigenvalue weighted by Gasteiger charge is -2.04. The number of benzene rings is 2. The fourth-order valence-electron chi connectivity index (χ4n) is 1.80. The number of rotatable bonds is 5. The van der Waals surface area contributed by atoms with Crippen LogP contribution in [0.15, 0.2) is 59.1 Å². The maximum atomic E-state index is 12.1. The summed E-state index contributed by atoms with van der Waals surface area (Å²) in [7, 11) is -3.31. The molecule has 0 aliphatic heterocycles. The van der Waals surface area contributed by atoms with Gasteiger partial charge in [0.25, 0.3) is 0 Å². The normalized spacial score (nSPS) is 11.5. The summed E-state index contributed by atoms with van der Waals surface area (Å²) in [5, 5.41) is 0. The van der Waals surface area contributed by atoms with Crippen LogP contribution in [0, 0.1) is 0 Å². The van der Waals surface area contributed by atoms with Crippen molar-refractivity contribution >= 4 is 43.5 Å². The van der Waals surface area contributed by atoms with Gasteiger partial charge in [-0.15, -0.1) is 0 Å². The molecule has 0 aromatic heterocycles. The molecule has 0 heterocycles. The van der Waals surface area contributed by atoms with E-state index in [9.17, 15) is 13.2 Å². The Hall–Kier alpha value is -1.92. The highest BCUT2D eigenvalue weighted by molar-refractivity contribution is 9.10. The smallest absolute Gasteiger partial charge is 0.229 e. The van der Waals surface area contributed by atoms with E-state index in [1.54, 1.807) is 30.3 Å². The monoisotopic (exact) mass is 379 g/mol. The number of hydrogen-bond acceptors (Lipinski definition) is 3. The van der Waals surface area contributed by atoms with E-state index < -0.39 is 10.0 Å². The molecule has 0 amide bonds. The van der Waals surface area contributed by atoms with Crippen LogP contribution in [0.25, 0.3) is 6.08 Å². The third kappa shape index (κ3) is 5.13. The minimum atomic E-state index is -3.31. The Morgan fingerprint density at radius 1 is 1.14 bits per heavy atom. The average Bonchev–Trinajstić information content (AvgIpc) is 2.44. The zero-order chi connectivity index (χ0) is 16.2. The van der Waals surface area contributed by atoms with Gasteiger partial charge in [0.05, 0.1) is 6.26 Å². The highest BCUT2D eigenvalue weighted by Crippen LogP contribution is 2.14. The second-order valence-corrected chi connectivity index (χ2v) is 7.37. The maximum Gasteiger partial charge on any atom is 0.229 e. The minimum absolute atomic E-state index is 0.147. The molecule has 4 nitrogen and oxygen atoms in total. The number of ketones is 1. The van der Waals surface area contributed by atoms with Crippen molar-refractivity contribution in [2.45, 2.75) is 0 Å². The predicted octanol–water partition coefficient (Wildman–Crippen LogP) is 3.72. The fraction of sp³-hybridized carbons (Fsp3) is 0.0625. The Morgan fingerprint density at radius 2 is 1.82 bits per heavy atom. The standard InChI is InChI=1S/C16H14BrNO3S/c1-22(20,21)18-15-8-6-13(7-9-15)16(19)10-5-12-3-2-4-14(17)11-12/h2-11,18H,1H3/b10-5+. The van der Waals surface area contributed by atoms with Gasteiger partial charge in [0.15, 0.2) is 5.78 Å². The van der Waals surface area contributed by atoms with Crippen molar-refractivity contribution < 1.29 is 13.2 Å². The first-order chi connectivity index (χ1) is 10.3. The molecule has 0 fully saturated rings. The molecule has 114 valence electrons. The molecule has 0 atom stereocenters. The molecule has 22 heavy (non-hydrogen) atoms. The summed E-state index contributed by atoms with van der Waals surface area (Å²) < 4.78 is 25.5. The van der Waals surface area contributed by atoms with Crippen molar-refractivity contribution in [2.24, 2.45) is 0 Å². The Bertz CT molecular complexity index is 812. The molecule has 0 spiro atoms. The molecule has 0 unspecified atom stereocenters. The van der Waals surface area contributed by atoms with E-state index in [0.29, 0.717) is 11.3 Å². The Labute approximate surface area is 138 Å². The van der Waals surface area contributed by atoms with Gasteiger partial charge in [-0.05, 0) is 48.0 Å². The molecule has 0 aliphatic carbocycles. The van der Waals surface area contributed by atoms with Gasteiger partial charge >= 0.3 is 0 Å². The van der Waals surface area contributed by atoms with Crippen molar-refractivity contribution in [3.05, 3.63) is 70.2 Å². The van der Waals surface area contributed by atoms with Crippen LogP contribution < -0.4 is 4.72 Å². The molecule has 0 saturated carbocycles. The zero-order valence-corrected chi connectivity index (χ0v) is 14.2. The predicted molar refractivity (Wildman–Crippen MR) is 92.4 cm³/mol. The van der Waals surface area contributed by atoms with Gasteiger partial charge in [-0.2, -0.15) is 0 Å². The second-order valence-electron chi connectivity index (χ2n) is 4.70. The van der Waals surface area contributed by atoms with Gasteiger partial charge < -0.3 is 0 Å². The summed E-state index contributed by atoms with van der Waals surface area (Å²) in [4.78, 5) is 12.1. The number of anilines is 1. The van der Waals surface area contributed by atoms with Crippen LogP contribution in [0.4, 0.5) is 5.69 Å². The minimum Gasteiger partial charge on any atom is -0.289 e. The van der Waals surface area contributed by atoms with Gasteiger partial charge in [0.1, 0.15) is 0 Å². The quantitative estimate of drug-likeness (QED) is 0.635. The maximum absolute atomic E-state index is 12.1. The van der Waals surface area contributed by atoms with E-state index in [-0.39, 0.29) is 5.78 Å². The van der Waals surface area contributed by atoms with Gasteiger partial charge in [0, 0.05) is 15.7 Å². The van der Waals surface area contributed by atoms with Crippen LogP contribution in [-0.4, -0.2) is 20.5 Å². The fourth-order valence-corrected chi connectivity index (χ4v) is 2.78. The van der Waals surface area contributed by atoms with Crippen molar-refractivity contribution in [1.82, 2.24) is 0 Å². The van der Waals surface area contributed by atoms with Gasteiger partial charge in [-0.3, -0.25) is 9.52 Å². The van der Waals surface area contributed by atoms with Crippen LogP contribution in [0.3, 0.4) is 0 Å².